The lowest BCUT2D eigenvalue weighted by molar-refractivity contribution is -0.112. The van der Waals surface area contributed by atoms with Crippen LogP contribution in [0.25, 0.3) is 0 Å². The minimum absolute atomic E-state index is 0.0821. The van der Waals surface area contributed by atoms with Gasteiger partial charge in [-0.2, -0.15) is 13.7 Å². The Bertz CT molecular complexity index is 1050. The molecule has 2 aromatic carbocycles. The number of amides is 1. The molecule has 0 unspecified atom stereocenters. The lowest BCUT2D eigenvalue weighted by atomic mass is 10.1. The van der Waals surface area contributed by atoms with Crippen molar-refractivity contribution < 1.29 is 22.6 Å². The molecule has 8 nitrogen and oxygen atoms in total. The van der Waals surface area contributed by atoms with Crippen LogP contribution in [0, 0.1) is 11.3 Å². The Labute approximate surface area is 155 Å². The van der Waals surface area contributed by atoms with Gasteiger partial charge in [0.1, 0.15) is 11.6 Å². The van der Waals surface area contributed by atoms with Crippen molar-refractivity contribution in [3.05, 3.63) is 65.9 Å². The minimum atomic E-state index is -4.41. The summed E-state index contributed by atoms with van der Waals surface area (Å²) in [6.07, 6.45) is 1.19. The molecule has 0 saturated heterocycles. The van der Waals surface area contributed by atoms with Crippen LogP contribution in [0.4, 0.5) is 11.4 Å². The van der Waals surface area contributed by atoms with Crippen LogP contribution in [-0.2, 0) is 14.9 Å². The molecule has 0 heterocycles. The van der Waals surface area contributed by atoms with Crippen LogP contribution in [0.3, 0.4) is 0 Å². The van der Waals surface area contributed by atoms with Crippen LogP contribution in [-0.4, -0.2) is 24.7 Å². The Balaban J connectivity index is 2.12. The van der Waals surface area contributed by atoms with Crippen molar-refractivity contribution in [2.24, 2.45) is 0 Å². The number of anilines is 2. The van der Waals surface area contributed by atoms with Gasteiger partial charge in [0.25, 0.3) is 16.0 Å². The van der Waals surface area contributed by atoms with Gasteiger partial charge >= 0.3 is 0 Å². The van der Waals surface area contributed by atoms with E-state index >= 15 is 0 Å². The number of hydrogen-bond donors (Lipinski definition) is 3. The Morgan fingerprint density at radius 3 is 2.33 bits per heavy atom. The molecule has 9 heteroatoms. The largest absolute Gasteiger partial charge is 0.360 e. The Kier molecular flexibility index (Phi) is 6.07. The number of nitrogens with one attached hydrogen (secondary N) is 2. The van der Waals surface area contributed by atoms with E-state index in [9.17, 15) is 18.0 Å². The van der Waals surface area contributed by atoms with E-state index in [1.54, 1.807) is 30.3 Å². The Morgan fingerprint density at radius 1 is 1.11 bits per heavy atom. The van der Waals surface area contributed by atoms with Gasteiger partial charge in [-0.15, -0.1) is 0 Å². The fraction of sp³-hybridized carbons (Fsp3) is 0.0556. The van der Waals surface area contributed by atoms with E-state index in [4.69, 9.17) is 9.81 Å². The second-order valence-electron chi connectivity index (χ2n) is 5.40. The summed E-state index contributed by atoms with van der Waals surface area (Å²) in [4.78, 5) is 23.0. The third kappa shape index (κ3) is 5.50. The van der Waals surface area contributed by atoms with Gasteiger partial charge in [-0.25, -0.2) is 0 Å². The van der Waals surface area contributed by atoms with Crippen molar-refractivity contribution in [3.8, 4) is 6.07 Å². The van der Waals surface area contributed by atoms with E-state index in [1.807, 2.05) is 0 Å². The van der Waals surface area contributed by atoms with Gasteiger partial charge < -0.3 is 10.6 Å². The van der Waals surface area contributed by atoms with Crippen LogP contribution in [0.5, 0.6) is 0 Å². The van der Waals surface area contributed by atoms with Gasteiger partial charge in [0.05, 0.1) is 4.90 Å². The normalized spacial score (nSPS) is 11.4. The Hall–Kier alpha value is -3.48. The SMILES string of the molecule is CC(=O)c1ccc(N/C=C(/C#N)C(=O)Nc2cccc(S(=O)(=O)O)c2)cc1. The smallest absolute Gasteiger partial charge is 0.294 e. The number of ketones is 1. The van der Waals surface area contributed by atoms with E-state index in [-0.39, 0.29) is 21.9 Å². The summed E-state index contributed by atoms with van der Waals surface area (Å²) in [7, 11) is -4.41. The molecule has 0 aliphatic carbocycles. The van der Waals surface area contributed by atoms with Crippen molar-refractivity contribution in [1.29, 1.82) is 5.26 Å². The van der Waals surface area contributed by atoms with Crippen LogP contribution in [0.1, 0.15) is 17.3 Å². The van der Waals surface area contributed by atoms with Gasteiger partial charge in [-0.05, 0) is 49.4 Å². The number of Topliss-reactive ketones (excluding diaryl/α,β-unsaturated/α-hetero) is 1. The van der Waals surface area contributed by atoms with Crippen molar-refractivity contribution >= 4 is 33.2 Å². The molecule has 2 aromatic rings. The molecule has 0 saturated carbocycles. The monoisotopic (exact) mass is 385 g/mol. The van der Waals surface area contributed by atoms with Crippen molar-refractivity contribution in [2.45, 2.75) is 11.8 Å². The van der Waals surface area contributed by atoms with E-state index in [1.165, 1.54) is 25.3 Å². The first-order chi connectivity index (χ1) is 12.7. The first kappa shape index (κ1) is 19.8. The minimum Gasteiger partial charge on any atom is -0.360 e. The third-order valence-electron chi connectivity index (χ3n) is 3.43. The maximum Gasteiger partial charge on any atom is 0.294 e. The molecule has 0 aliphatic heterocycles. The standard InChI is InChI=1S/C18H15N3O5S/c1-12(22)13-5-7-15(8-6-13)20-11-14(10-19)18(23)21-16-3-2-4-17(9-16)27(24,25)26/h2-9,11,20H,1H3,(H,21,23)(H,24,25,26)/b14-11-. The van der Waals surface area contributed by atoms with Gasteiger partial charge in [-0.1, -0.05) is 6.07 Å². The molecule has 0 aliphatic rings. The molecule has 0 bridgehead atoms. The predicted octanol–water partition coefficient (Wildman–Crippen LogP) is 2.59. The maximum absolute atomic E-state index is 12.2. The van der Waals surface area contributed by atoms with Crippen LogP contribution >= 0.6 is 0 Å². The summed E-state index contributed by atoms with van der Waals surface area (Å²) in [5.41, 5.74) is 0.931. The number of carbonyl (C=O) groups excluding carboxylic acids is 2. The molecule has 27 heavy (non-hydrogen) atoms. The fourth-order valence-corrected chi connectivity index (χ4v) is 2.56. The van der Waals surface area contributed by atoms with Crippen molar-refractivity contribution in [1.82, 2.24) is 0 Å². The highest BCUT2D eigenvalue weighted by molar-refractivity contribution is 7.85. The number of rotatable bonds is 6. The number of carbonyl (C=O) groups is 2. The predicted molar refractivity (Wildman–Crippen MR) is 98.7 cm³/mol. The first-order valence-corrected chi connectivity index (χ1v) is 9.01. The zero-order chi connectivity index (χ0) is 20.0. The zero-order valence-electron chi connectivity index (χ0n) is 14.1. The van der Waals surface area contributed by atoms with Crippen LogP contribution < -0.4 is 10.6 Å². The quantitative estimate of drug-likeness (QED) is 0.301. The molecule has 0 spiro atoms. The van der Waals surface area contributed by atoms with Gasteiger partial charge in [0, 0.05) is 23.1 Å². The highest BCUT2D eigenvalue weighted by Crippen LogP contribution is 2.16. The molecule has 2 rings (SSSR count). The molecule has 0 fully saturated rings. The average molecular weight is 385 g/mol. The van der Waals surface area contributed by atoms with Crippen molar-refractivity contribution in [2.75, 3.05) is 10.6 Å². The number of benzene rings is 2. The van der Waals surface area contributed by atoms with Crippen LogP contribution in [0.2, 0.25) is 0 Å². The Morgan fingerprint density at radius 2 is 1.78 bits per heavy atom. The van der Waals surface area contributed by atoms with E-state index in [2.05, 4.69) is 10.6 Å². The summed E-state index contributed by atoms with van der Waals surface area (Å²) in [6.45, 7) is 1.44. The average Bonchev–Trinajstić information content (AvgIpc) is 2.62. The maximum atomic E-state index is 12.2. The molecule has 0 radical (unpaired) electrons. The molecule has 0 atom stereocenters. The van der Waals surface area contributed by atoms with Crippen molar-refractivity contribution in [3.63, 3.8) is 0 Å². The van der Waals surface area contributed by atoms with Gasteiger partial charge in [0.2, 0.25) is 0 Å². The summed E-state index contributed by atoms with van der Waals surface area (Å²) >= 11 is 0. The number of hydrogen-bond acceptors (Lipinski definition) is 6. The fourth-order valence-electron chi connectivity index (χ4n) is 2.04. The lowest BCUT2D eigenvalue weighted by Crippen LogP contribution is -2.15. The van der Waals surface area contributed by atoms with E-state index < -0.39 is 16.0 Å². The second kappa shape index (κ2) is 8.27. The van der Waals surface area contributed by atoms with Gasteiger partial charge in [0.15, 0.2) is 5.78 Å². The van der Waals surface area contributed by atoms with E-state index in [0.29, 0.717) is 11.3 Å². The highest BCUT2D eigenvalue weighted by atomic mass is 32.2. The molecule has 1 amide bonds. The molecule has 3 N–H and O–H groups in total. The number of nitriles is 1. The summed E-state index contributed by atoms with van der Waals surface area (Å²) in [5, 5.41) is 14.3. The van der Waals surface area contributed by atoms with Gasteiger partial charge in [-0.3, -0.25) is 14.1 Å². The van der Waals surface area contributed by atoms with Crippen LogP contribution in [0.15, 0.2) is 65.2 Å². The first-order valence-electron chi connectivity index (χ1n) is 7.57. The summed E-state index contributed by atoms with van der Waals surface area (Å²) in [6, 6.07) is 13.2. The molecular formula is C18H15N3O5S. The molecular weight excluding hydrogens is 370 g/mol. The summed E-state index contributed by atoms with van der Waals surface area (Å²) < 4.78 is 31.3. The zero-order valence-corrected chi connectivity index (χ0v) is 14.9. The van der Waals surface area contributed by atoms with E-state index in [0.717, 1.165) is 12.1 Å². The topological polar surface area (TPSA) is 136 Å². The highest BCUT2D eigenvalue weighted by Gasteiger charge is 2.13. The molecule has 138 valence electrons. The summed E-state index contributed by atoms with van der Waals surface area (Å²) in [5.74, 6) is -0.848. The lowest BCUT2D eigenvalue weighted by Gasteiger charge is -2.06. The number of nitrogens with zero attached hydrogens (tertiary/aromatic N) is 1. The second-order valence-corrected chi connectivity index (χ2v) is 6.83. The third-order valence-corrected chi connectivity index (χ3v) is 4.28. The molecule has 0 aromatic heterocycles.